The summed E-state index contributed by atoms with van der Waals surface area (Å²) >= 11 is 0. The van der Waals surface area contributed by atoms with E-state index in [2.05, 4.69) is 12.2 Å². The van der Waals surface area contributed by atoms with E-state index in [0.717, 1.165) is 30.6 Å². The number of benzene rings is 1. The van der Waals surface area contributed by atoms with E-state index in [9.17, 15) is 19.2 Å². The van der Waals surface area contributed by atoms with Crippen LogP contribution in [0.25, 0.3) is 0 Å². The molecule has 0 aliphatic carbocycles. The highest BCUT2D eigenvalue weighted by atomic mass is 16.6. The number of imide groups is 2. The summed E-state index contributed by atoms with van der Waals surface area (Å²) in [6, 6.07) is 7.70. The lowest BCUT2D eigenvalue weighted by molar-refractivity contribution is -0.146. The van der Waals surface area contributed by atoms with E-state index >= 15 is 0 Å². The Morgan fingerprint density at radius 1 is 1.13 bits per heavy atom. The Bertz CT molecular complexity index is 785. The molecule has 2 atom stereocenters. The van der Waals surface area contributed by atoms with Crippen LogP contribution in [0.1, 0.15) is 51.5 Å². The van der Waals surface area contributed by atoms with Crippen LogP contribution in [0.5, 0.6) is 0 Å². The summed E-state index contributed by atoms with van der Waals surface area (Å²) in [6.07, 6.45) is 2.23. The van der Waals surface area contributed by atoms with Gasteiger partial charge in [-0.25, -0.2) is 9.59 Å². The third-order valence-corrected chi connectivity index (χ3v) is 5.38. The Morgan fingerprint density at radius 2 is 1.84 bits per heavy atom. The van der Waals surface area contributed by atoms with Gasteiger partial charge in [-0.3, -0.25) is 19.8 Å². The number of nitrogens with one attached hydrogen (secondary N) is 1. The summed E-state index contributed by atoms with van der Waals surface area (Å²) in [6.45, 7) is 3.97. The molecule has 9 nitrogen and oxygen atoms in total. The predicted molar refractivity (Wildman–Crippen MR) is 113 cm³/mol. The number of nitrogens with zero attached hydrogens (tertiary/aromatic N) is 1. The van der Waals surface area contributed by atoms with Gasteiger partial charge in [0.1, 0.15) is 6.10 Å². The number of carbonyl (C=O) groups is 4. The minimum absolute atomic E-state index is 0.0233. The molecule has 170 valence electrons. The molecule has 0 aromatic heterocycles. The zero-order valence-electron chi connectivity index (χ0n) is 18.1. The van der Waals surface area contributed by atoms with Crippen LogP contribution in [0.15, 0.2) is 30.3 Å². The number of urea groups is 1. The number of carbonyl (C=O) groups excluding carboxylic acids is 4. The Morgan fingerprint density at radius 3 is 2.45 bits per heavy atom. The molecule has 1 heterocycles. The Hall–Kier alpha value is -2.94. The fourth-order valence-corrected chi connectivity index (χ4v) is 3.69. The zero-order chi connectivity index (χ0) is 22.9. The molecule has 1 aliphatic rings. The van der Waals surface area contributed by atoms with Crippen molar-refractivity contribution in [3.63, 3.8) is 0 Å². The van der Waals surface area contributed by atoms with Crippen LogP contribution in [0, 0.1) is 0 Å². The van der Waals surface area contributed by atoms with Crippen molar-refractivity contribution < 1.29 is 28.7 Å². The fraction of sp³-hybridized carbons (Fsp3) is 0.545. The molecule has 0 radical (unpaired) electrons. The van der Waals surface area contributed by atoms with E-state index in [-0.39, 0.29) is 19.6 Å². The first-order valence-corrected chi connectivity index (χ1v) is 10.6. The molecule has 0 saturated carbocycles. The highest BCUT2D eigenvalue weighted by Crippen LogP contribution is 2.33. The summed E-state index contributed by atoms with van der Waals surface area (Å²) in [5.41, 5.74) is 4.09. The van der Waals surface area contributed by atoms with Crippen LogP contribution in [0.4, 0.5) is 9.59 Å². The van der Waals surface area contributed by atoms with E-state index in [1.54, 1.807) is 37.3 Å². The molecule has 3 N–H and O–H groups in total. The number of rotatable bonds is 12. The molecule has 1 saturated heterocycles. The van der Waals surface area contributed by atoms with Gasteiger partial charge in [-0.2, -0.15) is 0 Å². The zero-order valence-corrected chi connectivity index (χ0v) is 18.1. The third-order valence-electron chi connectivity index (χ3n) is 5.38. The van der Waals surface area contributed by atoms with Gasteiger partial charge in [0, 0.05) is 6.61 Å². The first-order chi connectivity index (χ1) is 14.9. The topological polar surface area (TPSA) is 128 Å². The third kappa shape index (κ3) is 5.81. The molecular weight excluding hydrogens is 402 g/mol. The largest absolute Gasteiger partial charge is 0.442 e. The second-order valence-electron chi connectivity index (χ2n) is 7.49. The molecule has 1 aromatic rings. The summed E-state index contributed by atoms with van der Waals surface area (Å²) in [7, 11) is 0. The molecule has 0 spiro atoms. The summed E-state index contributed by atoms with van der Waals surface area (Å²) < 4.78 is 10.6. The minimum atomic E-state index is -1.55. The minimum Gasteiger partial charge on any atom is -0.442 e. The monoisotopic (exact) mass is 433 g/mol. The van der Waals surface area contributed by atoms with Crippen molar-refractivity contribution in [2.24, 2.45) is 5.73 Å². The maximum Gasteiger partial charge on any atom is 0.404 e. The lowest BCUT2D eigenvalue weighted by atomic mass is 9.74. The second-order valence-corrected chi connectivity index (χ2v) is 7.49. The van der Waals surface area contributed by atoms with Gasteiger partial charge in [0.05, 0.1) is 13.2 Å². The van der Waals surface area contributed by atoms with Crippen LogP contribution < -0.4 is 11.1 Å². The van der Waals surface area contributed by atoms with Crippen LogP contribution in [0.2, 0.25) is 0 Å². The van der Waals surface area contributed by atoms with Crippen molar-refractivity contribution in [2.45, 2.75) is 57.5 Å². The van der Waals surface area contributed by atoms with E-state index in [0.29, 0.717) is 12.2 Å². The maximum absolute atomic E-state index is 13.4. The first kappa shape index (κ1) is 24.3. The average Bonchev–Trinajstić information content (AvgIpc) is 2.74. The molecule has 1 fully saturated rings. The van der Waals surface area contributed by atoms with Crippen molar-refractivity contribution in [1.29, 1.82) is 0 Å². The maximum atomic E-state index is 13.4. The van der Waals surface area contributed by atoms with Crippen molar-refractivity contribution in [3.8, 4) is 0 Å². The summed E-state index contributed by atoms with van der Waals surface area (Å²) in [5.74, 6) is -1.34. The summed E-state index contributed by atoms with van der Waals surface area (Å²) in [4.78, 5) is 50.9. The number of hydrogen-bond acceptors (Lipinski definition) is 6. The van der Waals surface area contributed by atoms with Crippen molar-refractivity contribution >= 4 is 23.9 Å². The normalized spacial score (nSPS) is 19.8. The highest BCUT2D eigenvalue weighted by Gasteiger charge is 2.54. The van der Waals surface area contributed by atoms with Gasteiger partial charge in [0.2, 0.25) is 5.91 Å². The van der Waals surface area contributed by atoms with E-state index in [1.807, 2.05) is 0 Å². The van der Waals surface area contributed by atoms with Gasteiger partial charge < -0.3 is 15.2 Å². The number of hydrogen-bond donors (Lipinski definition) is 2. The molecular formula is C22H31N3O6. The first-order valence-electron chi connectivity index (χ1n) is 10.6. The van der Waals surface area contributed by atoms with Crippen LogP contribution in [-0.2, 0) is 24.5 Å². The van der Waals surface area contributed by atoms with Crippen molar-refractivity contribution in [3.05, 3.63) is 35.9 Å². The van der Waals surface area contributed by atoms with Gasteiger partial charge in [-0.15, -0.1) is 0 Å². The SMILES string of the molecule is CCCCCCOCC(CN1C(=O)NC(=O)C(CC)(c2ccccc2)C1=O)OC(N)=O. The summed E-state index contributed by atoms with van der Waals surface area (Å²) in [5, 5.41) is 2.26. The average molecular weight is 434 g/mol. The lowest BCUT2D eigenvalue weighted by Gasteiger charge is -2.39. The van der Waals surface area contributed by atoms with Crippen LogP contribution in [-0.4, -0.2) is 54.7 Å². The standard InChI is InChI=1S/C22H31N3O6/c1-3-5-6-10-13-30-15-17(31-20(23)28)14-25-19(27)22(4-2,18(26)24-21(25)29)16-11-8-7-9-12-16/h7-9,11-12,17H,3-6,10,13-15H2,1-2H3,(H2,23,28)(H,24,26,29). The fourth-order valence-electron chi connectivity index (χ4n) is 3.69. The second kappa shape index (κ2) is 11.5. The Kier molecular flexibility index (Phi) is 8.99. The molecule has 0 bridgehead atoms. The molecule has 2 rings (SSSR count). The quantitative estimate of drug-likeness (QED) is 0.385. The molecule has 5 amide bonds. The molecule has 9 heteroatoms. The molecule has 1 aromatic carbocycles. The number of ether oxygens (including phenoxy) is 2. The van der Waals surface area contributed by atoms with Crippen molar-refractivity contribution in [2.75, 3.05) is 19.8 Å². The number of nitrogens with two attached hydrogens (primary N) is 1. The van der Waals surface area contributed by atoms with Crippen LogP contribution in [0.3, 0.4) is 0 Å². The number of primary amides is 1. The van der Waals surface area contributed by atoms with E-state index in [4.69, 9.17) is 15.2 Å². The Labute approximate surface area is 182 Å². The smallest absolute Gasteiger partial charge is 0.404 e. The predicted octanol–water partition coefficient (Wildman–Crippen LogP) is 2.47. The number of amides is 5. The highest BCUT2D eigenvalue weighted by molar-refractivity contribution is 6.22. The number of unbranched alkanes of at least 4 members (excludes halogenated alkanes) is 3. The lowest BCUT2D eigenvalue weighted by Crippen LogP contribution is -2.67. The van der Waals surface area contributed by atoms with Gasteiger partial charge in [-0.1, -0.05) is 63.4 Å². The number of barbiturate groups is 1. The van der Waals surface area contributed by atoms with E-state index in [1.165, 1.54) is 0 Å². The van der Waals surface area contributed by atoms with Gasteiger partial charge in [0.15, 0.2) is 5.41 Å². The molecule has 1 aliphatic heterocycles. The van der Waals surface area contributed by atoms with E-state index < -0.39 is 35.5 Å². The van der Waals surface area contributed by atoms with Gasteiger partial charge in [0.25, 0.3) is 5.91 Å². The van der Waals surface area contributed by atoms with Crippen molar-refractivity contribution in [1.82, 2.24) is 10.2 Å². The Balaban J connectivity index is 2.17. The van der Waals surface area contributed by atoms with Crippen LogP contribution >= 0.6 is 0 Å². The van der Waals surface area contributed by atoms with Gasteiger partial charge in [-0.05, 0) is 18.4 Å². The van der Waals surface area contributed by atoms with Gasteiger partial charge >= 0.3 is 12.1 Å². The molecule has 31 heavy (non-hydrogen) atoms. The molecule has 2 unspecified atom stereocenters.